The predicted molar refractivity (Wildman–Crippen MR) is 55.1 cm³/mol. The Labute approximate surface area is 76.4 Å². The zero-order valence-corrected chi connectivity index (χ0v) is 8.51. The Kier molecular flexibility index (Phi) is 3.58. The molecule has 2 atom stereocenters. The minimum absolute atomic E-state index is 0.766. The Morgan fingerprint density at radius 3 is 3.00 bits per heavy atom. The Morgan fingerprint density at radius 2 is 2.33 bits per heavy atom. The maximum atomic E-state index is 2.33. The van der Waals surface area contributed by atoms with Crippen LogP contribution in [0.25, 0.3) is 0 Å². The smallest absolute Gasteiger partial charge is 0.0231 e. The molecule has 0 aromatic rings. The van der Waals surface area contributed by atoms with E-state index < -0.39 is 0 Å². The first-order valence-electron chi connectivity index (χ1n) is 5.11. The van der Waals surface area contributed by atoms with E-state index in [1.165, 1.54) is 19.3 Å². The summed E-state index contributed by atoms with van der Waals surface area (Å²) in [5.41, 5.74) is 1.64. The molecule has 0 saturated carbocycles. The van der Waals surface area contributed by atoms with Crippen molar-refractivity contribution in [1.29, 1.82) is 0 Å². The Balaban J connectivity index is 2.57. The van der Waals surface area contributed by atoms with Crippen LogP contribution in [0, 0.1) is 11.8 Å². The maximum Gasteiger partial charge on any atom is -0.0231 e. The van der Waals surface area contributed by atoms with Gasteiger partial charge in [-0.05, 0) is 31.1 Å². The molecule has 0 amide bonds. The monoisotopic (exact) mass is 164 g/mol. The van der Waals surface area contributed by atoms with Crippen LogP contribution in [0.5, 0.6) is 0 Å². The molecule has 0 aromatic carbocycles. The van der Waals surface area contributed by atoms with Gasteiger partial charge in [-0.1, -0.05) is 44.6 Å². The summed E-state index contributed by atoms with van der Waals surface area (Å²) in [5, 5.41) is 0. The molecule has 0 bridgehead atoms. The molecule has 1 aliphatic carbocycles. The van der Waals surface area contributed by atoms with E-state index in [-0.39, 0.29) is 0 Å². The second-order valence-electron chi connectivity index (χ2n) is 3.95. The molecule has 0 N–H and O–H groups in total. The average Bonchev–Trinajstić information content (AvgIpc) is 2.29. The van der Waals surface area contributed by atoms with E-state index in [4.69, 9.17) is 0 Å². The molecular formula is C12H20. The second-order valence-corrected chi connectivity index (χ2v) is 3.95. The Hall–Kier alpha value is -0.520. The van der Waals surface area contributed by atoms with Gasteiger partial charge in [0.05, 0.1) is 0 Å². The van der Waals surface area contributed by atoms with E-state index in [9.17, 15) is 0 Å². The molecular weight excluding hydrogens is 144 g/mol. The molecule has 0 heterocycles. The summed E-state index contributed by atoms with van der Waals surface area (Å²) in [6.45, 7) is 6.89. The van der Waals surface area contributed by atoms with E-state index in [0.29, 0.717) is 0 Å². The van der Waals surface area contributed by atoms with E-state index in [0.717, 1.165) is 11.8 Å². The third kappa shape index (κ3) is 2.51. The lowest BCUT2D eigenvalue weighted by Crippen LogP contribution is -1.98. The molecule has 2 unspecified atom stereocenters. The van der Waals surface area contributed by atoms with Gasteiger partial charge in [0.1, 0.15) is 0 Å². The van der Waals surface area contributed by atoms with Gasteiger partial charge in [0, 0.05) is 0 Å². The fourth-order valence-electron chi connectivity index (χ4n) is 1.62. The highest BCUT2D eigenvalue weighted by Crippen LogP contribution is 2.24. The van der Waals surface area contributed by atoms with E-state index in [2.05, 4.69) is 39.0 Å². The molecule has 0 aliphatic heterocycles. The number of hydrogen-bond acceptors (Lipinski definition) is 0. The normalized spacial score (nSPS) is 26.2. The second kappa shape index (κ2) is 4.49. The summed E-state index contributed by atoms with van der Waals surface area (Å²) in [6.07, 6.45) is 10.8. The van der Waals surface area contributed by atoms with Crippen LogP contribution in [0.3, 0.4) is 0 Å². The third-order valence-electron chi connectivity index (χ3n) is 2.88. The van der Waals surface area contributed by atoms with Crippen LogP contribution in [0.4, 0.5) is 0 Å². The van der Waals surface area contributed by atoms with Gasteiger partial charge in [0.25, 0.3) is 0 Å². The highest BCUT2D eigenvalue weighted by Gasteiger charge is 2.09. The van der Waals surface area contributed by atoms with Crippen LogP contribution < -0.4 is 0 Å². The van der Waals surface area contributed by atoms with Crippen molar-refractivity contribution in [2.75, 3.05) is 0 Å². The van der Waals surface area contributed by atoms with E-state index >= 15 is 0 Å². The lowest BCUT2D eigenvalue weighted by atomic mass is 9.93. The van der Waals surface area contributed by atoms with Crippen LogP contribution in [-0.2, 0) is 0 Å². The van der Waals surface area contributed by atoms with Crippen molar-refractivity contribution in [2.24, 2.45) is 11.8 Å². The zero-order chi connectivity index (χ0) is 8.97. The molecule has 68 valence electrons. The van der Waals surface area contributed by atoms with Crippen LogP contribution in [-0.4, -0.2) is 0 Å². The topological polar surface area (TPSA) is 0 Å². The van der Waals surface area contributed by atoms with Crippen molar-refractivity contribution in [2.45, 2.75) is 40.0 Å². The summed E-state index contributed by atoms with van der Waals surface area (Å²) in [4.78, 5) is 0. The van der Waals surface area contributed by atoms with Crippen molar-refractivity contribution in [3.63, 3.8) is 0 Å². The molecule has 0 nitrogen and oxygen atoms in total. The molecule has 0 saturated heterocycles. The highest BCUT2D eigenvalue weighted by molar-refractivity contribution is 5.17. The first-order valence-corrected chi connectivity index (χ1v) is 5.11. The molecule has 0 heteroatoms. The highest BCUT2D eigenvalue weighted by atomic mass is 14.1. The number of allylic oxidation sites excluding steroid dienone is 4. The van der Waals surface area contributed by atoms with Crippen LogP contribution >= 0.6 is 0 Å². The van der Waals surface area contributed by atoms with Crippen molar-refractivity contribution in [3.05, 3.63) is 23.8 Å². The summed E-state index contributed by atoms with van der Waals surface area (Å²) < 4.78 is 0. The van der Waals surface area contributed by atoms with Crippen molar-refractivity contribution in [1.82, 2.24) is 0 Å². The zero-order valence-electron chi connectivity index (χ0n) is 8.51. The molecule has 0 radical (unpaired) electrons. The maximum absolute atomic E-state index is 2.33. The average molecular weight is 164 g/mol. The van der Waals surface area contributed by atoms with Crippen molar-refractivity contribution in [3.8, 4) is 0 Å². The molecule has 0 fully saturated rings. The van der Waals surface area contributed by atoms with Gasteiger partial charge in [-0.25, -0.2) is 0 Å². The van der Waals surface area contributed by atoms with Gasteiger partial charge in [0.2, 0.25) is 0 Å². The number of rotatable bonds is 2. The first kappa shape index (κ1) is 9.57. The third-order valence-corrected chi connectivity index (χ3v) is 2.88. The summed E-state index contributed by atoms with van der Waals surface area (Å²) >= 11 is 0. The predicted octanol–water partition coefficient (Wildman–Crippen LogP) is 3.95. The van der Waals surface area contributed by atoms with E-state index in [1.807, 2.05) is 0 Å². The summed E-state index contributed by atoms with van der Waals surface area (Å²) in [6, 6.07) is 0. The first-order chi connectivity index (χ1) is 5.74. The van der Waals surface area contributed by atoms with Crippen LogP contribution in [0.1, 0.15) is 40.0 Å². The molecule has 0 aromatic heterocycles. The number of hydrogen-bond donors (Lipinski definition) is 0. The SMILES string of the molecule is CCC(C)C1=CC=CC(C)CC1. The van der Waals surface area contributed by atoms with Gasteiger partial charge in [0.15, 0.2) is 0 Å². The van der Waals surface area contributed by atoms with Crippen LogP contribution in [0.15, 0.2) is 23.8 Å². The summed E-state index contributed by atoms with van der Waals surface area (Å²) in [5.74, 6) is 1.54. The van der Waals surface area contributed by atoms with E-state index in [1.54, 1.807) is 5.57 Å². The molecule has 12 heavy (non-hydrogen) atoms. The van der Waals surface area contributed by atoms with Gasteiger partial charge in [-0.15, -0.1) is 0 Å². The fourth-order valence-corrected chi connectivity index (χ4v) is 1.62. The Morgan fingerprint density at radius 1 is 1.58 bits per heavy atom. The lowest BCUT2D eigenvalue weighted by molar-refractivity contribution is 0.576. The van der Waals surface area contributed by atoms with Gasteiger partial charge < -0.3 is 0 Å². The fraction of sp³-hybridized carbons (Fsp3) is 0.667. The molecule has 1 rings (SSSR count). The largest absolute Gasteiger partial charge is 0.0817 e. The Bertz CT molecular complexity index is 186. The van der Waals surface area contributed by atoms with Gasteiger partial charge >= 0.3 is 0 Å². The quantitative estimate of drug-likeness (QED) is 0.580. The van der Waals surface area contributed by atoms with Gasteiger partial charge in [-0.3, -0.25) is 0 Å². The van der Waals surface area contributed by atoms with Crippen LogP contribution in [0.2, 0.25) is 0 Å². The lowest BCUT2D eigenvalue weighted by Gasteiger charge is -2.13. The molecule has 0 spiro atoms. The standard InChI is InChI=1S/C12H20/c1-4-11(3)12-7-5-6-10(2)8-9-12/h5-7,10-11H,4,8-9H2,1-3H3. The minimum atomic E-state index is 0.766. The van der Waals surface area contributed by atoms with Crippen molar-refractivity contribution >= 4 is 0 Å². The minimum Gasteiger partial charge on any atom is -0.0817 e. The molecule has 1 aliphatic rings. The van der Waals surface area contributed by atoms with Gasteiger partial charge in [-0.2, -0.15) is 0 Å². The van der Waals surface area contributed by atoms with Crippen molar-refractivity contribution < 1.29 is 0 Å². The summed E-state index contributed by atoms with van der Waals surface area (Å²) in [7, 11) is 0.